The SMILES string of the molecule is C=CCCC(=O)N(C1CC1)C(C)C(=O)O. The van der Waals surface area contributed by atoms with E-state index in [0.29, 0.717) is 12.8 Å². The fourth-order valence-corrected chi connectivity index (χ4v) is 1.56. The molecule has 0 radical (unpaired) electrons. The topological polar surface area (TPSA) is 57.6 Å². The fourth-order valence-electron chi connectivity index (χ4n) is 1.56. The Hall–Kier alpha value is -1.32. The van der Waals surface area contributed by atoms with Crippen molar-refractivity contribution in [1.82, 2.24) is 4.90 Å². The lowest BCUT2D eigenvalue weighted by molar-refractivity contribution is -0.150. The van der Waals surface area contributed by atoms with Gasteiger partial charge in [0.2, 0.25) is 5.91 Å². The first-order chi connectivity index (χ1) is 7.07. The standard InChI is InChI=1S/C11H17NO3/c1-3-4-5-10(13)12(9-6-7-9)8(2)11(14)15/h3,8-9H,1,4-7H2,2H3,(H,14,15). The van der Waals surface area contributed by atoms with Crippen LogP contribution in [-0.4, -0.2) is 34.0 Å². The van der Waals surface area contributed by atoms with Gasteiger partial charge in [0, 0.05) is 12.5 Å². The van der Waals surface area contributed by atoms with E-state index >= 15 is 0 Å². The van der Waals surface area contributed by atoms with Gasteiger partial charge in [-0.05, 0) is 26.2 Å². The van der Waals surface area contributed by atoms with Crippen molar-refractivity contribution >= 4 is 11.9 Å². The Labute approximate surface area is 89.6 Å². The van der Waals surface area contributed by atoms with Crippen molar-refractivity contribution in [2.24, 2.45) is 0 Å². The van der Waals surface area contributed by atoms with Crippen LogP contribution in [0.2, 0.25) is 0 Å². The van der Waals surface area contributed by atoms with Crippen molar-refractivity contribution in [3.8, 4) is 0 Å². The number of carboxylic acid groups (broad SMARTS) is 1. The first-order valence-corrected chi connectivity index (χ1v) is 5.22. The number of rotatable bonds is 6. The van der Waals surface area contributed by atoms with Crippen LogP contribution in [0.5, 0.6) is 0 Å². The Morgan fingerprint density at radius 3 is 2.60 bits per heavy atom. The molecule has 0 aromatic carbocycles. The van der Waals surface area contributed by atoms with E-state index in [2.05, 4.69) is 6.58 Å². The summed E-state index contributed by atoms with van der Waals surface area (Å²) in [6, 6.07) is -0.566. The van der Waals surface area contributed by atoms with Crippen molar-refractivity contribution in [3.05, 3.63) is 12.7 Å². The van der Waals surface area contributed by atoms with E-state index in [1.165, 1.54) is 4.90 Å². The van der Waals surface area contributed by atoms with E-state index in [9.17, 15) is 9.59 Å². The number of hydrogen-bond acceptors (Lipinski definition) is 2. The molecule has 0 bridgehead atoms. The van der Waals surface area contributed by atoms with Crippen LogP contribution in [0.1, 0.15) is 32.6 Å². The second-order valence-electron chi connectivity index (χ2n) is 3.87. The van der Waals surface area contributed by atoms with Crippen molar-refractivity contribution in [3.63, 3.8) is 0 Å². The van der Waals surface area contributed by atoms with Gasteiger partial charge in [0.15, 0.2) is 0 Å². The van der Waals surface area contributed by atoms with Gasteiger partial charge in [0.1, 0.15) is 6.04 Å². The molecule has 4 nitrogen and oxygen atoms in total. The van der Waals surface area contributed by atoms with Crippen molar-refractivity contribution in [1.29, 1.82) is 0 Å². The number of allylic oxidation sites excluding steroid dienone is 1. The minimum Gasteiger partial charge on any atom is -0.480 e. The molecule has 1 rings (SSSR count). The number of amides is 1. The number of carboxylic acids is 1. The summed E-state index contributed by atoms with van der Waals surface area (Å²) < 4.78 is 0. The molecular weight excluding hydrogens is 194 g/mol. The molecule has 84 valence electrons. The van der Waals surface area contributed by atoms with Crippen molar-refractivity contribution in [2.75, 3.05) is 0 Å². The lowest BCUT2D eigenvalue weighted by Crippen LogP contribution is -2.44. The lowest BCUT2D eigenvalue weighted by Gasteiger charge is -2.26. The van der Waals surface area contributed by atoms with Gasteiger partial charge in [0.25, 0.3) is 0 Å². The van der Waals surface area contributed by atoms with E-state index in [-0.39, 0.29) is 11.9 Å². The molecular formula is C11H17NO3. The van der Waals surface area contributed by atoms with Gasteiger partial charge in [-0.2, -0.15) is 0 Å². The molecule has 1 unspecified atom stereocenters. The molecule has 0 aliphatic heterocycles. The maximum absolute atomic E-state index is 11.7. The van der Waals surface area contributed by atoms with Gasteiger partial charge in [-0.3, -0.25) is 4.79 Å². The molecule has 1 N–H and O–H groups in total. The van der Waals surface area contributed by atoms with Crippen LogP contribution >= 0.6 is 0 Å². The molecule has 0 heterocycles. The summed E-state index contributed by atoms with van der Waals surface area (Å²) >= 11 is 0. The summed E-state index contributed by atoms with van der Waals surface area (Å²) in [5.41, 5.74) is 0. The van der Waals surface area contributed by atoms with Crippen LogP contribution in [-0.2, 0) is 9.59 Å². The minimum atomic E-state index is -0.936. The molecule has 4 heteroatoms. The molecule has 1 saturated carbocycles. The summed E-state index contributed by atoms with van der Waals surface area (Å²) in [5, 5.41) is 8.89. The Balaban J connectivity index is 2.60. The Bertz CT molecular complexity index is 271. The zero-order chi connectivity index (χ0) is 11.4. The summed E-state index contributed by atoms with van der Waals surface area (Å²) in [7, 11) is 0. The lowest BCUT2D eigenvalue weighted by atomic mass is 10.2. The van der Waals surface area contributed by atoms with Crippen LogP contribution in [0, 0.1) is 0 Å². The molecule has 1 atom stereocenters. The van der Waals surface area contributed by atoms with Crippen LogP contribution in [0.15, 0.2) is 12.7 Å². The highest BCUT2D eigenvalue weighted by Crippen LogP contribution is 2.29. The number of nitrogens with zero attached hydrogens (tertiary/aromatic N) is 1. The van der Waals surface area contributed by atoms with Gasteiger partial charge in [0.05, 0.1) is 0 Å². The monoisotopic (exact) mass is 211 g/mol. The Kier molecular flexibility index (Phi) is 3.88. The first-order valence-electron chi connectivity index (χ1n) is 5.22. The van der Waals surface area contributed by atoms with E-state index in [4.69, 9.17) is 5.11 Å². The first kappa shape index (κ1) is 11.8. The fraction of sp³-hybridized carbons (Fsp3) is 0.636. The smallest absolute Gasteiger partial charge is 0.326 e. The Morgan fingerprint density at radius 2 is 2.20 bits per heavy atom. The third-order valence-electron chi connectivity index (χ3n) is 2.57. The molecule has 15 heavy (non-hydrogen) atoms. The molecule has 1 aliphatic rings. The van der Waals surface area contributed by atoms with Gasteiger partial charge in [-0.1, -0.05) is 6.08 Å². The van der Waals surface area contributed by atoms with E-state index in [1.807, 2.05) is 0 Å². The van der Waals surface area contributed by atoms with Gasteiger partial charge < -0.3 is 10.0 Å². The maximum Gasteiger partial charge on any atom is 0.326 e. The molecule has 1 amide bonds. The summed E-state index contributed by atoms with van der Waals surface area (Å²) in [6.45, 7) is 5.11. The third kappa shape index (κ3) is 3.08. The summed E-state index contributed by atoms with van der Waals surface area (Å²) in [6.07, 6.45) is 4.50. The molecule has 1 aliphatic carbocycles. The maximum atomic E-state index is 11.7. The molecule has 0 aromatic rings. The Morgan fingerprint density at radius 1 is 1.60 bits per heavy atom. The number of hydrogen-bond donors (Lipinski definition) is 1. The van der Waals surface area contributed by atoms with Crippen LogP contribution < -0.4 is 0 Å². The average Bonchev–Trinajstić information content (AvgIpc) is 2.98. The number of aliphatic carboxylic acids is 1. The summed E-state index contributed by atoms with van der Waals surface area (Å²) in [4.78, 5) is 24.1. The second-order valence-corrected chi connectivity index (χ2v) is 3.87. The molecule has 0 saturated heterocycles. The van der Waals surface area contributed by atoms with E-state index < -0.39 is 12.0 Å². The van der Waals surface area contributed by atoms with Gasteiger partial charge >= 0.3 is 5.97 Å². The largest absolute Gasteiger partial charge is 0.480 e. The van der Waals surface area contributed by atoms with Crippen LogP contribution in [0.25, 0.3) is 0 Å². The molecule has 0 spiro atoms. The second kappa shape index (κ2) is 4.96. The highest BCUT2D eigenvalue weighted by atomic mass is 16.4. The normalized spacial score (nSPS) is 16.9. The van der Waals surface area contributed by atoms with Crippen molar-refractivity contribution < 1.29 is 14.7 Å². The van der Waals surface area contributed by atoms with E-state index in [0.717, 1.165) is 12.8 Å². The van der Waals surface area contributed by atoms with Crippen LogP contribution in [0.3, 0.4) is 0 Å². The highest BCUT2D eigenvalue weighted by Gasteiger charge is 2.37. The van der Waals surface area contributed by atoms with Gasteiger partial charge in [-0.15, -0.1) is 6.58 Å². The third-order valence-corrected chi connectivity index (χ3v) is 2.57. The number of carbonyl (C=O) groups excluding carboxylic acids is 1. The van der Waals surface area contributed by atoms with Crippen LogP contribution in [0.4, 0.5) is 0 Å². The summed E-state index contributed by atoms with van der Waals surface area (Å²) in [5.74, 6) is -1.01. The molecule has 1 fully saturated rings. The zero-order valence-electron chi connectivity index (χ0n) is 8.98. The predicted molar refractivity (Wildman–Crippen MR) is 56.4 cm³/mol. The quantitative estimate of drug-likeness (QED) is 0.676. The average molecular weight is 211 g/mol. The van der Waals surface area contributed by atoms with E-state index in [1.54, 1.807) is 13.0 Å². The number of carbonyl (C=O) groups is 2. The zero-order valence-corrected chi connectivity index (χ0v) is 8.98. The highest BCUT2D eigenvalue weighted by molar-refractivity contribution is 5.84. The predicted octanol–water partition coefficient (Wildman–Crippen LogP) is 1.42. The molecule has 0 aromatic heterocycles. The van der Waals surface area contributed by atoms with Gasteiger partial charge in [-0.25, -0.2) is 4.79 Å². The van der Waals surface area contributed by atoms with Crippen molar-refractivity contribution in [2.45, 2.75) is 44.7 Å². The minimum absolute atomic E-state index is 0.0766.